The number of hydrogen-bond donors (Lipinski definition) is 0. The van der Waals surface area contributed by atoms with Crippen LogP contribution >= 0.6 is 34.8 Å². The maximum absolute atomic E-state index is 11.8. The molecule has 0 atom stereocenters. The van der Waals surface area contributed by atoms with E-state index in [2.05, 4.69) is 0 Å². The van der Waals surface area contributed by atoms with Gasteiger partial charge in [-0.2, -0.15) is 0 Å². The van der Waals surface area contributed by atoms with E-state index in [1.807, 2.05) is 18.4 Å². The molecule has 0 fully saturated rings. The summed E-state index contributed by atoms with van der Waals surface area (Å²) < 4.78 is 1.88. The first-order valence-electron chi connectivity index (χ1n) is 5.70. The summed E-state index contributed by atoms with van der Waals surface area (Å²) in [6.45, 7) is 3.75. The lowest BCUT2D eigenvalue weighted by atomic mass is 10.2. The summed E-state index contributed by atoms with van der Waals surface area (Å²) in [6, 6.07) is 7.13. The molecule has 1 heterocycles. The Labute approximate surface area is 126 Å². The van der Waals surface area contributed by atoms with Crippen molar-refractivity contribution in [2.45, 2.75) is 13.8 Å². The minimum absolute atomic E-state index is 0.0411. The summed E-state index contributed by atoms with van der Waals surface area (Å²) in [5.74, 6) is -0.148. The highest BCUT2D eigenvalue weighted by Gasteiger charge is 2.18. The maximum Gasteiger partial charge on any atom is 0.179 e. The monoisotopic (exact) mass is 315 g/mol. The Morgan fingerprint density at radius 1 is 1.21 bits per heavy atom. The van der Waals surface area contributed by atoms with Gasteiger partial charge in [0.15, 0.2) is 5.78 Å². The lowest BCUT2D eigenvalue weighted by Gasteiger charge is -2.13. The molecule has 0 saturated heterocycles. The number of Topliss-reactive ketones (excluding diaryl/α,β-unsaturated/α-hetero) is 1. The third-order valence-electron chi connectivity index (χ3n) is 3.01. The van der Waals surface area contributed by atoms with E-state index in [-0.39, 0.29) is 11.7 Å². The summed E-state index contributed by atoms with van der Waals surface area (Å²) >= 11 is 18.0. The Kier molecular flexibility index (Phi) is 4.24. The van der Waals surface area contributed by atoms with Crippen LogP contribution in [0.15, 0.2) is 24.3 Å². The van der Waals surface area contributed by atoms with Crippen LogP contribution < -0.4 is 0 Å². The number of nitrogens with zero attached hydrogens (tertiary/aromatic N) is 1. The molecule has 0 bridgehead atoms. The molecule has 1 aromatic carbocycles. The van der Waals surface area contributed by atoms with Gasteiger partial charge in [0.05, 0.1) is 21.6 Å². The van der Waals surface area contributed by atoms with Crippen molar-refractivity contribution in [1.82, 2.24) is 4.57 Å². The minimum Gasteiger partial charge on any atom is -0.315 e. The largest absolute Gasteiger partial charge is 0.315 e. The molecule has 0 amide bonds. The van der Waals surface area contributed by atoms with Crippen molar-refractivity contribution in [1.29, 1.82) is 0 Å². The first kappa shape index (κ1) is 14.4. The lowest BCUT2D eigenvalue weighted by molar-refractivity contribution is 0.102. The van der Waals surface area contributed by atoms with Crippen molar-refractivity contribution in [2.24, 2.45) is 0 Å². The molecule has 0 aliphatic carbocycles. The first-order valence-corrected chi connectivity index (χ1v) is 6.99. The average Bonchev–Trinajstić information content (AvgIpc) is 2.65. The average molecular weight is 317 g/mol. The van der Waals surface area contributed by atoms with E-state index in [0.29, 0.717) is 21.3 Å². The molecule has 2 rings (SSSR count). The zero-order valence-electron chi connectivity index (χ0n) is 10.5. The molecule has 0 aliphatic rings. The van der Waals surface area contributed by atoms with Crippen molar-refractivity contribution in [3.8, 4) is 5.69 Å². The van der Waals surface area contributed by atoms with E-state index in [9.17, 15) is 4.79 Å². The predicted molar refractivity (Wildman–Crippen MR) is 80.3 cm³/mol. The van der Waals surface area contributed by atoms with Gasteiger partial charge in [-0.3, -0.25) is 4.79 Å². The number of aryl methyl sites for hydroxylation is 1. The van der Waals surface area contributed by atoms with Crippen molar-refractivity contribution >= 4 is 40.6 Å². The fourth-order valence-corrected chi connectivity index (χ4v) is 2.87. The SMILES string of the molecule is Cc1cc(C(=O)CCl)c(C)n1-c1c(Cl)cccc1Cl. The zero-order chi connectivity index (χ0) is 14.2. The van der Waals surface area contributed by atoms with Gasteiger partial charge in [-0.15, -0.1) is 11.6 Å². The molecule has 0 saturated carbocycles. The maximum atomic E-state index is 11.8. The molecule has 0 aliphatic heterocycles. The van der Waals surface area contributed by atoms with E-state index in [0.717, 1.165) is 11.4 Å². The third-order valence-corrected chi connectivity index (χ3v) is 3.87. The molecule has 0 radical (unpaired) electrons. The second-order valence-electron chi connectivity index (χ2n) is 4.25. The number of alkyl halides is 1. The van der Waals surface area contributed by atoms with Crippen LogP contribution in [0.4, 0.5) is 0 Å². The van der Waals surface area contributed by atoms with Gasteiger partial charge in [-0.05, 0) is 32.0 Å². The smallest absolute Gasteiger partial charge is 0.179 e. The molecule has 0 N–H and O–H groups in total. The highest BCUT2D eigenvalue weighted by Crippen LogP contribution is 2.32. The van der Waals surface area contributed by atoms with E-state index < -0.39 is 0 Å². The minimum atomic E-state index is -0.107. The van der Waals surface area contributed by atoms with Crippen LogP contribution in [-0.2, 0) is 0 Å². The van der Waals surface area contributed by atoms with Gasteiger partial charge in [0.2, 0.25) is 0 Å². The summed E-state index contributed by atoms with van der Waals surface area (Å²) in [4.78, 5) is 11.8. The van der Waals surface area contributed by atoms with Crippen LogP contribution in [0.5, 0.6) is 0 Å². The van der Waals surface area contributed by atoms with Crippen LogP contribution in [0.3, 0.4) is 0 Å². The molecule has 100 valence electrons. The second kappa shape index (κ2) is 5.58. The van der Waals surface area contributed by atoms with Crippen LogP contribution in [-0.4, -0.2) is 16.2 Å². The Morgan fingerprint density at radius 3 is 2.32 bits per heavy atom. The van der Waals surface area contributed by atoms with Crippen molar-refractivity contribution in [2.75, 3.05) is 5.88 Å². The Bertz CT molecular complexity index is 626. The Balaban J connectivity index is 2.70. The summed E-state index contributed by atoms with van der Waals surface area (Å²) in [5.41, 5.74) is 2.97. The normalized spacial score (nSPS) is 10.8. The standard InChI is InChI=1S/C14H12Cl3NO/c1-8-6-10(13(19)7-15)9(2)18(8)14-11(16)4-3-5-12(14)17/h3-6H,7H2,1-2H3. The van der Waals surface area contributed by atoms with Crippen LogP contribution in [0.2, 0.25) is 10.0 Å². The number of aromatic nitrogens is 1. The Hall–Kier alpha value is -0.960. The predicted octanol–water partition coefficient (Wildman–Crippen LogP) is 4.82. The fourth-order valence-electron chi connectivity index (χ4n) is 2.16. The molecule has 1 aromatic heterocycles. The zero-order valence-corrected chi connectivity index (χ0v) is 12.8. The number of hydrogen-bond acceptors (Lipinski definition) is 1. The van der Waals surface area contributed by atoms with Crippen molar-refractivity contribution in [3.63, 3.8) is 0 Å². The molecular weight excluding hydrogens is 305 g/mol. The summed E-state index contributed by atoms with van der Waals surface area (Å²) in [6.07, 6.45) is 0. The summed E-state index contributed by atoms with van der Waals surface area (Å²) in [7, 11) is 0. The molecule has 0 spiro atoms. The molecule has 5 heteroatoms. The van der Waals surface area contributed by atoms with Crippen LogP contribution in [0, 0.1) is 13.8 Å². The van der Waals surface area contributed by atoms with Gasteiger partial charge >= 0.3 is 0 Å². The van der Waals surface area contributed by atoms with Gasteiger partial charge in [0.25, 0.3) is 0 Å². The highest BCUT2D eigenvalue weighted by molar-refractivity contribution is 6.37. The number of rotatable bonds is 3. The van der Waals surface area contributed by atoms with E-state index in [1.165, 1.54) is 0 Å². The number of carbonyl (C=O) groups is 1. The van der Waals surface area contributed by atoms with Crippen LogP contribution in [0.1, 0.15) is 21.7 Å². The number of benzene rings is 1. The van der Waals surface area contributed by atoms with E-state index >= 15 is 0 Å². The molecule has 2 aromatic rings. The number of halogens is 3. The van der Waals surface area contributed by atoms with E-state index in [1.54, 1.807) is 24.3 Å². The van der Waals surface area contributed by atoms with E-state index in [4.69, 9.17) is 34.8 Å². The van der Waals surface area contributed by atoms with Gasteiger partial charge in [-0.25, -0.2) is 0 Å². The highest BCUT2D eigenvalue weighted by atomic mass is 35.5. The summed E-state index contributed by atoms with van der Waals surface area (Å²) in [5, 5.41) is 1.08. The second-order valence-corrected chi connectivity index (χ2v) is 5.33. The number of carbonyl (C=O) groups excluding carboxylic acids is 1. The lowest BCUT2D eigenvalue weighted by Crippen LogP contribution is -2.05. The molecule has 2 nitrogen and oxygen atoms in total. The molecular formula is C14H12Cl3NO. The number of para-hydroxylation sites is 1. The third kappa shape index (κ3) is 2.53. The van der Waals surface area contributed by atoms with Gasteiger partial charge in [0, 0.05) is 17.0 Å². The molecule has 19 heavy (non-hydrogen) atoms. The number of ketones is 1. The van der Waals surface area contributed by atoms with Crippen molar-refractivity contribution < 1.29 is 4.79 Å². The van der Waals surface area contributed by atoms with Gasteiger partial charge in [-0.1, -0.05) is 29.3 Å². The molecule has 0 unspecified atom stereocenters. The van der Waals surface area contributed by atoms with Gasteiger partial charge in [0.1, 0.15) is 0 Å². The topological polar surface area (TPSA) is 22.0 Å². The van der Waals surface area contributed by atoms with Crippen LogP contribution in [0.25, 0.3) is 5.69 Å². The van der Waals surface area contributed by atoms with Crippen molar-refractivity contribution in [3.05, 3.63) is 51.3 Å². The first-order chi connectivity index (χ1) is 8.97. The van der Waals surface area contributed by atoms with Gasteiger partial charge < -0.3 is 4.57 Å². The Morgan fingerprint density at radius 2 is 1.79 bits per heavy atom. The quantitative estimate of drug-likeness (QED) is 0.587. The fraction of sp³-hybridized carbons (Fsp3) is 0.214.